The number of sulfonamides is 1. The van der Waals surface area contributed by atoms with Gasteiger partial charge in [-0.25, -0.2) is 17.2 Å². The zero-order valence-corrected chi connectivity index (χ0v) is 21.9. The normalized spacial score (nSPS) is 11.4. The fourth-order valence-corrected chi connectivity index (χ4v) is 5.34. The number of benzene rings is 3. The number of nitrogens with one attached hydrogen (secondary N) is 1. The molecule has 0 spiro atoms. The molecule has 0 atom stereocenters. The average Bonchev–Trinajstić information content (AvgIpc) is 2.84. The van der Waals surface area contributed by atoms with Crippen molar-refractivity contribution in [3.05, 3.63) is 87.9 Å². The molecule has 0 aromatic heterocycles. The van der Waals surface area contributed by atoms with Gasteiger partial charge in [-0.2, -0.15) is 4.31 Å². The van der Waals surface area contributed by atoms with Gasteiger partial charge in [0.05, 0.1) is 10.5 Å². The Bertz CT molecular complexity index is 1420. The highest BCUT2D eigenvalue weighted by atomic mass is 35.5. The molecule has 7 nitrogen and oxygen atoms in total. The second-order valence-electron chi connectivity index (χ2n) is 8.03. The van der Waals surface area contributed by atoms with Crippen molar-refractivity contribution in [1.29, 1.82) is 0 Å². The van der Waals surface area contributed by atoms with Crippen LogP contribution in [0.15, 0.2) is 59.5 Å². The molecule has 3 aromatic rings. The molecule has 0 saturated heterocycles. The highest BCUT2D eigenvalue weighted by Gasteiger charge is 2.22. The van der Waals surface area contributed by atoms with Crippen LogP contribution in [0.3, 0.4) is 0 Å². The van der Waals surface area contributed by atoms with E-state index < -0.39 is 40.0 Å². The van der Waals surface area contributed by atoms with Crippen molar-refractivity contribution >= 4 is 39.0 Å². The average molecular weight is 551 g/mol. The molecule has 1 N–H and O–H groups in total. The van der Waals surface area contributed by atoms with Gasteiger partial charge in [-0.05, 0) is 61.0 Å². The Balaban J connectivity index is 1.75. The molecule has 0 aliphatic carbocycles. The van der Waals surface area contributed by atoms with Gasteiger partial charge >= 0.3 is 0 Å². The first-order valence-corrected chi connectivity index (χ1v) is 13.1. The maximum Gasteiger partial charge on any atom is 0.262 e. The maximum absolute atomic E-state index is 13.6. The standard InChI is InChI=1S/C26H25ClF2N2O5S/c1-4-31(5-2)37(34,35)21-7-8-23(16(3)10-21)30-25(32)15-36-24-9-6-18(27)13-22(24)26(33)17-11-19(28)14-20(29)12-17/h6-14H,4-5,15H2,1-3H3,(H,30,32). The lowest BCUT2D eigenvalue weighted by Crippen LogP contribution is -2.30. The molecule has 0 unspecified atom stereocenters. The van der Waals surface area contributed by atoms with E-state index >= 15 is 0 Å². The lowest BCUT2D eigenvalue weighted by molar-refractivity contribution is -0.118. The fourth-order valence-electron chi connectivity index (χ4n) is 3.62. The summed E-state index contributed by atoms with van der Waals surface area (Å²) in [7, 11) is -3.65. The Morgan fingerprint density at radius 3 is 2.22 bits per heavy atom. The van der Waals surface area contributed by atoms with Crippen LogP contribution in [0.4, 0.5) is 14.5 Å². The first-order valence-electron chi connectivity index (χ1n) is 11.3. The Labute approximate surface area is 219 Å². The number of hydrogen-bond donors (Lipinski definition) is 1. The third-order valence-electron chi connectivity index (χ3n) is 5.48. The molecule has 37 heavy (non-hydrogen) atoms. The second-order valence-corrected chi connectivity index (χ2v) is 10.4. The van der Waals surface area contributed by atoms with Crippen LogP contribution in [0.1, 0.15) is 35.3 Å². The Hall–Kier alpha value is -3.34. The largest absolute Gasteiger partial charge is 0.483 e. The van der Waals surface area contributed by atoms with Crippen LogP contribution in [-0.2, 0) is 14.8 Å². The predicted octanol–water partition coefficient (Wildman–Crippen LogP) is 5.21. The SMILES string of the molecule is CCN(CC)S(=O)(=O)c1ccc(NC(=O)COc2ccc(Cl)cc2C(=O)c2cc(F)cc(F)c2)c(C)c1. The van der Waals surface area contributed by atoms with E-state index in [9.17, 15) is 26.8 Å². The third-order valence-corrected chi connectivity index (χ3v) is 7.77. The molecule has 3 aromatic carbocycles. The molecular weight excluding hydrogens is 526 g/mol. The van der Waals surface area contributed by atoms with E-state index in [4.69, 9.17) is 16.3 Å². The number of nitrogens with zero attached hydrogens (tertiary/aromatic N) is 1. The van der Waals surface area contributed by atoms with Crippen LogP contribution in [0.2, 0.25) is 5.02 Å². The minimum Gasteiger partial charge on any atom is -0.483 e. The molecule has 3 rings (SSSR count). The van der Waals surface area contributed by atoms with Crippen molar-refractivity contribution in [2.45, 2.75) is 25.7 Å². The molecule has 11 heteroatoms. The summed E-state index contributed by atoms with van der Waals surface area (Å²) >= 11 is 6.00. The van der Waals surface area contributed by atoms with Crippen LogP contribution in [0.5, 0.6) is 5.75 Å². The summed E-state index contributed by atoms with van der Waals surface area (Å²) in [5.74, 6) is -3.16. The Morgan fingerprint density at radius 1 is 0.973 bits per heavy atom. The molecule has 1 amide bonds. The molecule has 0 radical (unpaired) electrons. The summed E-state index contributed by atoms with van der Waals surface area (Å²) in [5, 5.41) is 2.83. The quantitative estimate of drug-likeness (QED) is 0.350. The van der Waals surface area contributed by atoms with Crippen molar-refractivity contribution < 1.29 is 31.5 Å². The van der Waals surface area contributed by atoms with E-state index in [1.807, 2.05) is 0 Å². The molecule has 0 fully saturated rings. The highest BCUT2D eigenvalue weighted by Crippen LogP contribution is 2.27. The number of anilines is 1. The molecule has 0 saturated carbocycles. The van der Waals surface area contributed by atoms with E-state index in [2.05, 4.69) is 5.32 Å². The highest BCUT2D eigenvalue weighted by molar-refractivity contribution is 7.89. The molecular formula is C26H25ClF2N2O5S. The van der Waals surface area contributed by atoms with Gasteiger partial charge in [0.1, 0.15) is 17.4 Å². The lowest BCUT2D eigenvalue weighted by Gasteiger charge is -2.19. The molecule has 0 heterocycles. The van der Waals surface area contributed by atoms with Crippen LogP contribution < -0.4 is 10.1 Å². The second kappa shape index (κ2) is 11.8. The number of halogens is 3. The van der Waals surface area contributed by atoms with Gasteiger partial charge in [0.25, 0.3) is 5.91 Å². The van der Waals surface area contributed by atoms with Crippen molar-refractivity contribution in [1.82, 2.24) is 4.31 Å². The predicted molar refractivity (Wildman–Crippen MR) is 137 cm³/mol. The fraction of sp³-hybridized carbons (Fsp3) is 0.231. The molecule has 0 bridgehead atoms. The van der Waals surface area contributed by atoms with Gasteiger partial charge < -0.3 is 10.1 Å². The van der Waals surface area contributed by atoms with Crippen molar-refractivity contribution in [2.24, 2.45) is 0 Å². The van der Waals surface area contributed by atoms with Gasteiger partial charge in [0, 0.05) is 35.4 Å². The van der Waals surface area contributed by atoms with Gasteiger partial charge in [0.15, 0.2) is 12.4 Å². The summed E-state index contributed by atoms with van der Waals surface area (Å²) in [4.78, 5) is 25.6. The number of ether oxygens (including phenoxy) is 1. The Morgan fingerprint density at radius 2 is 1.62 bits per heavy atom. The third kappa shape index (κ3) is 6.71. The van der Waals surface area contributed by atoms with Crippen molar-refractivity contribution in [3.63, 3.8) is 0 Å². The van der Waals surface area contributed by atoms with Crippen molar-refractivity contribution in [3.8, 4) is 5.75 Å². The molecule has 0 aliphatic rings. The maximum atomic E-state index is 13.6. The number of amides is 1. The lowest BCUT2D eigenvalue weighted by atomic mass is 10.0. The van der Waals surface area contributed by atoms with Gasteiger partial charge in [-0.1, -0.05) is 25.4 Å². The summed E-state index contributed by atoms with van der Waals surface area (Å²) in [5.41, 5.74) is 0.587. The Kier molecular flexibility index (Phi) is 9.01. The first-order chi connectivity index (χ1) is 17.5. The van der Waals surface area contributed by atoms with Gasteiger partial charge in [-0.15, -0.1) is 0 Å². The number of aryl methyl sites for hydroxylation is 1. The van der Waals surface area contributed by atoms with E-state index in [-0.39, 0.29) is 26.8 Å². The van der Waals surface area contributed by atoms with E-state index in [0.717, 1.165) is 12.1 Å². The van der Waals surface area contributed by atoms with E-state index in [1.165, 1.54) is 40.7 Å². The van der Waals surface area contributed by atoms with Crippen LogP contribution in [0, 0.1) is 18.6 Å². The number of carbonyl (C=O) groups excluding carboxylic acids is 2. The van der Waals surface area contributed by atoms with Crippen molar-refractivity contribution in [2.75, 3.05) is 25.0 Å². The summed E-state index contributed by atoms with van der Waals surface area (Å²) in [6.45, 7) is 5.31. The molecule has 0 aliphatic heterocycles. The van der Waals surface area contributed by atoms with Crippen LogP contribution in [-0.4, -0.2) is 44.1 Å². The van der Waals surface area contributed by atoms with E-state index in [1.54, 1.807) is 20.8 Å². The monoisotopic (exact) mass is 550 g/mol. The molecule has 196 valence electrons. The summed E-state index contributed by atoms with van der Waals surface area (Å²) in [6.07, 6.45) is 0. The number of carbonyl (C=O) groups is 2. The topological polar surface area (TPSA) is 92.8 Å². The number of rotatable bonds is 10. The zero-order valence-electron chi connectivity index (χ0n) is 20.3. The van der Waals surface area contributed by atoms with Gasteiger partial charge in [0.2, 0.25) is 10.0 Å². The minimum absolute atomic E-state index is 0.00777. The first kappa shape index (κ1) is 28.2. The summed E-state index contributed by atoms with van der Waals surface area (Å²) < 4.78 is 59.5. The zero-order chi connectivity index (χ0) is 27.3. The number of hydrogen-bond acceptors (Lipinski definition) is 5. The number of ketones is 1. The van der Waals surface area contributed by atoms with Crippen LogP contribution in [0.25, 0.3) is 0 Å². The minimum atomic E-state index is -3.65. The van der Waals surface area contributed by atoms with E-state index in [0.29, 0.717) is 30.4 Å². The van der Waals surface area contributed by atoms with Crippen LogP contribution >= 0.6 is 11.6 Å². The van der Waals surface area contributed by atoms with Gasteiger partial charge in [-0.3, -0.25) is 9.59 Å². The smallest absolute Gasteiger partial charge is 0.262 e. The summed E-state index contributed by atoms with van der Waals surface area (Å²) in [6, 6.07) is 10.9.